The maximum Gasteiger partial charge on any atom is 0.194 e. The summed E-state index contributed by atoms with van der Waals surface area (Å²) in [5.41, 5.74) is 0. The molecule has 0 aromatic heterocycles. The molecular weight excluding hydrogens is 230 g/mol. The molecule has 1 aliphatic rings. The van der Waals surface area contributed by atoms with Crippen molar-refractivity contribution in [3.63, 3.8) is 0 Å². The Morgan fingerprint density at radius 3 is 2.89 bits per heavy atom. The Morgan fingerprint density at radius 2 is 2.33 bits per heavy atom. The first-order valence-corrected chi connectivity index (χ1v) is 6.92. The summed E-state index contributed by atoms with van der Waals surface area (Å²) < 4.78 is 5.50. The summed E-state index contributed by atoms with van der Waals surface area (Å²) in [6.07, 6.45) is 0.611. The van der Waals surface area contributed by atoms with Crippen molar-refractivity contribution in [2.24, 2.45) is 10.9 Å². The van der Waals surface area contributed by atoms with E-state index in [1.165, 1.54) is 0 Å². The Morgan fingerprint density at radius 1 is 1.56 bits per heavy atom. The summed E-state index contributed by atoms with van der Waals surface area (Å²) in [7, 11) is 0. The zero-order chi connectivity index (χ0) is 13.4. The van der Waals surface area contributed by atoms with Crippen molar-refractivity contribution in [3.05, 3.63) is 0 Å². The smallest absolute Gasteiger partial charge is 0.194 e. The van der Waals surface area contributed by atoms with Gasteiger partial charge in [0.1, 0.15) is 0 Å². The van der Waals surface area contributed by atoms with Gasteiger partial charge in [-0.25, -0.2) is 0 Å². The van der Waals surface area contributed by atoms with Gasteiger partial charge in [-0.15, -0.1) is 0 Å². The third-order valence-electron chi connectivity index (χ3n) is 2.75. The van der Waals surface area contributed by atoms with Crippen LogP contribution in [0, 0.1) is 5.92 Å². The monoisotopic (exact) mass is 257 g/mol. The van der Waals surface area contributed by atoms with Gasteiger partial charge in [0, 0.05) is 26.2 Å². The Kier molecular flexibility index (Phi) is 7.05. The van der Waals surface area contributed by atoms with E-state index < -0.39 is 0 Å². The van der Waals surface area contributed by atoms with E-state index in [2.05, 4.69) is 36.0 Å². The van der Waals surface area contributed by atoms with E-state index in [0.29, 0.717) is 25.6 Å². The van der Waals surface area contributed by atoms with Crippen LogP contribution in [0.5, 0.6) is 0 Å². The molecule has 0 radical (unpaired) electrons. The topological polar surface area (TPSA) is 57.1 Å². The lowest BCUT2D eigenvalue weighted by Gasteiger charge is -2.20. The number of hydrogen-bond acceptors (Lipinski definition) is 3. The second kappa shape index (κ2) is 8.32. The molecule has 1 atom stereocenters. The number of β-amino-alcohol motifs (C(OH)–C–C–N with tert-alkyl or cyclic N) is 1. The Hall–Kier alpha value is -0.810. The molecule has 1 heterocycles. The number of nitrogens with one attached hydrogen (secondary N) is 1. The van der Waals surface area contributed by atoms with Crippen LogP contribution in [0.15, 0.2) is 4.99 Å². The van der Waals surface area contributed by atoms with Crippen molar-refractivity contribution in [2.75, 3.05) is 39.4 Å². The normalized spacial score (nSPS) is 20.8. The van der Waals surface area contributed by atoms with E-state index >= 15 is 0 Å². The molecule has 5 nitrogen and oxygen atoms in total. The highest BCUT2D eigenvalue weighted by Gasteiger charge is 2.22. The fourth-order valence-electron chi connectivity index (χ4n) is 1.90. The van der Waals surface area contributed by atoms with Gasteiger partial charge in [0.15, 0.2) is 5.96 Å². The zero-order valence-electron chi connectivity index (χ0n) is 11.9. The number of aliphatic hydroxyl groups excluding tert-OH is 1. The van der Waals surface area contributed by atoms with Crippen molar-refractivity contribution in [2.45, 2.75) is 33.3 Å². The summed E-state index contributed by atoms with van der Waals surface area (Å²) >= 11 is 0. The fourth-order valence-corrected chi connectivity index (χ4v) is 1.90. The molecular formula is C13H27N3O2. The maximum absolute atomic E-state index is 9.54. The second-order valence-corrected chi connectivity index (χ2v) is 5.09. The fraction of sp³-hybridized carbons (Fsp3) is 0.923. The lowest BCUT2D eigenvalue weighted by atomic mass is 10.2. The molecule has 1 aliphatic heterocycles. The van der Waals surface area contributed by atoms with Gasteiger partial charge in [-0.1, -0.05) is 13.8 Å². The molecule has 18 heavy (non-hydrogen) atoms. The Bertz CT molecular complexity index is 257. The van der Waals surface area contributed by atoms with Crippen LogP contribution >= 0.6 is 0 Å². The highest BCUT2D eigenvalue weighted by molar-refractivity contribution is 5.80. The van der Waals surface area contributed by atoms with Crippen LogP contribution in [-0.2, 0) is 4.74 Å². The molecule has 0 saturated carbocycles. The molecule has 0 aromatic carbocycles. The van der Waals surface area contributed by atoms with E-state index in [1.54, 1.807) is 0 Å². The van der Waals surface area contributed by atoms with Crippen molar-refractivity contribution in [1.29, 1.82) is 0 Å². The number of aliphatic imine (C=N–C) groups is 1. The zero-order valence-corrected chi connectivity index (χ0v) is 11.9. The molecule has 0 aliphatic carbocycles. The van der Waals surface area contributed by atoms with Crippen LogP contribution in [0.4, 0.5) is 0 Å². The summed E-state index contributed by atoms with van der Waals surface area (Å²) in [5, 5.41) is 12.8. The molecule has 0 aromatic rings. The molecule has 1 saturated heterocycles. The Labute approximate surface area is 110 Å². The second-order valence-electron chi connectivity index (χ2n) is 5.09. The van der Waals surface area contributed by atoms with E-state index in [1.807, 2.05) is 0 Å². The number of guanidine groups is 1. The van der Waals surface area contributed by atoms with Crippen LogP contribution in [0.25, 0.3) is 0 Å². The number of likely N-dealkylation sites (tertiary alicyclic amines) is 1. The molecule has 5 heteroatoms. The molecule has 0 unspecified atom stereocenters. The number of nitrogens with zero attached hydrogens (tertiary/aromatic N) is 2. The van der Waals surface area contributed by atoms with Gasteiger partial charge in [0.2, 0.25) is 0 Å². The molecule has 0 amide bonds. The maximum atomic E-state index is 9.54. The summed E-state index contributed by atoms with van der Waals surface area (Å²) in [6, 6.07) is 0. The third kappa shape index (κ3) is 5.69. The van der Waals surface area contributed by atoms with Crippen LogP contribution in [0.3, 0.4) is 0 Å². The van der Waals surface area contributed by atoms with E-state index in [9.17, 15) is 5.11 Å². The SMILES string of the molecule is CCNC(=NCCOCC(C)C)N1CC[C@@H](O)C1. The molecule has 2 N–H and O–H groups in total. The van der Waals surface area contributed by atoms with Crippen LogP contribution in [-0.4, -0.2) is 61.5 Å². The minimum Gasteiger partial charge on any atom is -0.391 e. The van der Waals surface area contributed by atoms with Gasteiger partial charge in [-0.2, -0.15) is 0 Å². The van der Waals surface area contributed by atoms with E-state index in [4.69, 9.17) is 4.74 Å². The summed E-state index contributed by atoms with van der Waals surface area (Å²) in [5.74, 6) is 1.46. The van der Waals surface area contributed by atoms with Gasteiger partial charge in [0.05, 0.1) is 19.3 Å². The average Bonchev–Trinajstić information content (AvgIpc) is 2.73. The van der Waals surface area contributed by atoms with Gasteiger partial charge >= 0.3 is 0 Å². The Balaban J connectivity index is 2.31. The predicted molar refractivity (Wildman–Crippen MR) is 73.8 cm³/mol. The minimum absolute atomic E-state index is 0.217. The van der Waals surface area contributed by atoms with Gasteiger partial charge < -0.3 is 20.1 Å². The number of rotatable bonds is 6. The first kappa shape index (κ1) is 15.2. The average molecular weight is 257 g/mol. The number of aliphatic hydroxyl groups is 1. The summed E-state index contributed by atoms with van der Waals surface area (Å²) in [6.45, 7) is 10.8. The van der Waals surface area contributed by atoms with Crippen molar-refractivity contribution < 1.29 is 9.84 Å². The van der Waals surface area contributed by atoms with E-state index in [0.717, 1.165) is 32.1 Å². The minimum atomic E-state index is -0.217. The van der Waals surface area contributed by atoms with Crippen LogP contribution in [0.1, 0.15) is 27.2 Å². The van der Waals surface area contributed by atoms with Gasteiger partial charge in [0.25, 0.3) is 0 Å². The van der Waals surface area contributed by atoms with Crippen LogP contribution < -0.4 is 5.32 Å². The molecule has 106 valence electrons. The highest BCUT2D eigenvalue weighted by atomic mass is 16.5. The third-order valence-corrected chi connectivity index (χ3v) is 2.75. The first-order chi connectivity index (χ1) is 8.63. The largest absolute Gasteiger partial charge is 0.391 e. The van der Waals surface area contributed by atoms with Crippen molar-refractivity contribution in [1.82, 2.24) is 10.2 Å². The first-order valence-electron chi connectivity index (χ1n) is 6.92. The van der Waals surface area contributed by atoms with E-state index in [-0.39, 0.29) is 6.10 Å². The highest BCUT2D eigenvalue weighted by Crippen LogP contribution is 2.08. The van der Waals surface area contributed by atoms with Gasteiger partial charge in [-0.3, -0.25) is 4.99 Å². The van der Waals surface area contributed by atoms with Crippen molar-refractivity contribution >= 4 is 5.96 Å². The van der Waals surface area contributed by atoms with Gasteiger partial charge in [-0.05, 0) is 19.3 Å². The number of hydrogen-bond donors (Lipinski definition) is 2. The lowest BCUT2D eigenvalue weighted by molar-refractivity contribution is 0.116. The quantitative estimate of drug-likeness (QED) is 0.418. The summed E-state index contributed by atoms with van der Waals surface area (Å²) in [4.78, 5) is 6.63. The molecule has 1 rings (SSSR count). The number of ether oxygens (including phenoxy) is 1. The molecule has 0 spiro atoms. The lowest BCUT2D eigenvalue weighted by Crippen LogP contribution is -2.40. The predicted octanol–water partition coefficient (Wildman–Crippen LogP) is 0.691. The van der Waals surface area contributed by atoms with Crippen molar-refractivity contribution in [3.8, 4) is 0 Å². The molecule has 1 fully saturated rings. The molecule has 0 bridgehead atoms. The van der Waals surface area contributed by atoms with Crippen LogP contribution in [0.2, 0.25) is 0 Å². The standard InChI is InChI=1S/C13H27N3O2/c1-4-14-13(16-7-5-12(17)9-16)15-6-8-18-10-11(2)3/h11-12,17H,4-10H2,1-3H3,(H,14,15)/t12-/m1/s1.